The maximum atomic E-state index is 13.8. The zero-order valence-electron chi connectivity index (χ0n) is 12.0. The Morgan fingerprint density at radius 2 is 2.24 bits per heavy atom. The molecular weight excluding hydrogens is 297 g/mol. The summed E-state index contributed by atoms with van der Waals surface area (Å²) < 4.78 is 45.2. The van der Waals surface area contributed by atoms with E-state index in [0.29, 0.717) is 25.3 Å². The first-order valence-corrected chi connectivity index (χ1v) is 8.32. The van der Waals surface area contributed by atoms with Crippen molar-refractivity contribution in [1.82, 2.24) is 4.31 Å². The summed E-state index contributed by atoms with van der Waals surface area (Å²) in [5.41, 5.74) is 0.365. The van der Waals surface area contributed by atoms with Crippen LogP contribution in [0.15, 0.2) is 23.1 Å². The van der Waals surface area contributed by atoms with Gasteiger partial charge in [-0.15, -0.1) is 0 Å². The highest BCUT2D eigenvalue weighted by atomic mass is 32.2. The molecule has 2 rings (SSSR count). The Kier molecular flexibility index (Phi) is 5.32. The number of ether oxygens (including phenoxy) is 1. The zero-order chi connectivity index (χ0) is 15.5. The van der Waals surface area contributed by atoms with E-state index < -0.39 is 20.7 Å². The van der Waals surface area contributed by atoms with E-state index in [9.17, 15) is 12.8 Å². The van der Waals surface area contributed by atoms with Crippen molar-refractivity contribution < 1.29 is 22.7 Å². The minimum atomic E-state index is -3.91. The third kappa shape index (κ3) is 3.79. The fourth-order valence-corrected chi connectivity index (χ4v) is 3.78. The minimum Gasteiger partial charge on any atom is -0.392 e. The van der Waals surface area contributed by atoms with Crippen molar-refractivity contribution >= 4 is 10.0 Å². The van der Waals surface area contributed by atoms with E-state index in [1.54, 1.807) is 0 Å². The van der Waals surface area contributed by atoms with Crippen LogP contribution in [0.5, 0.6) is 0 Å². The van der Waals surface area contributed by atoms with Crippen LogP contribution < -0.4 is 0 Å². The first kappa shape index (κ1) is 16.4. The third-order valence-corrected chi connectivity index (χ3v) is 5.47. The van der Waals surface area contributed by atoms with Gasteiger partial charge in [0.05, 0.1) is 13.2 Å². The lowest BCUT2D eigenvalue weighted by molar-refractivity contribution is 0.0495. The van der Waals surface area contributed by atoms with E-state index in [1.807, 2.05) is 0 Å². The normalized spacial score (nSPS) is 19.9. The van der Waals surface area contributed by atoms with Crippen LogP contribution in [0.1, 0.15) is 18.4 Å². The predicted octanol–water partition coefficient (Wildman–Crippen LogP) is 1.37. The number of hydrogen-bond donors (Lipinski definition) is 1. The molecule has 7 heteroatoms. The van der Waals surface area contributed by atoms with Gasteiger partial charge in [-0.05, 0) is 36.5 Å². The molecule has 0 spiro atoms. The largest absolute Gasteiger partial charge is 0.392 e. The van der Waals surface area contributed by atoms with Crippen LogP contribution in [0.2, 0.25) is 0 Å². The Hall–Kier alpha value is -1.02. The van der Waals surface area contributed by atoms with Gasteiger partial charge < -0.3 is 9.84 Å². The van der Waals surface area contributed by atoms with E-state index in [1.165, 1.54) is 19.2 Å². The maximum absolute atomic E-state index is 13.8. The summed E-state index contributed by atoms with van der Waals surface area (Å²) in [5.74, 6) is -0.679. The van der Waals surface area contributed by atoms with Crippen LogP contribution in [-0.4, -0.2) is 44.6 Å². The maximum Gasteiger partial charge on any atom is 0.245 e. The molecule has 118 valence electrons. The van der Waals surface area contributed by atoms with Crippen molar-refractivity contribution in [3.05, 3.63) is 29.6 Å². The lowest BCUT2D eigenvalue weighted by Crippen LogP contribution is -2.35. The highest BCUT2D eigenvalue weighted by molar-refractivity contribution is 7.89. The van der Waals surface area contributed by atoms with E-state index in [4.69, 9.17) is 9.84 Å². The number of benzene rings is 1. The molecule has 0 amide bonds. The molecule has 1 aliphatic rings. The average Bonchev–Trinajstić information content (AvgIpc) is 2.48. The molecule has 1 aromatic carbocycles. The van der Waals surface area contributed by atoms with Gasteiger partial charge in [0.15, 0.2) is 0 Å². The monoisotopic (exact) mass is 317 g/mol. The smallest absolute Gasteiger partial charge is 0.245 e. The minimum absolute atomic E-state index is 0.127. The summed E-state index contributed by atoms with van der Waals surface area (Å²) in [4.78, 5) is -0.395. The number of aliphatic hydroxyl groups is 1. The van der Waals surface area contributed by atoms with Crippen LogP contribution in [0.3, 0.4) is 0 Å². The molecule has 0 aromatic heterocycles. The molecule has 1 saturated heterocycles. The summed E-state index contributed by atoms with van der Waals surface area (Å²) in [6.07, 6.45) is 1.81. The summed E-state index contributed by atoms with van der Waals surface area (Å²) in [5, 5.41) is 9.07. The summed E-state index contributed by atoms with van der Waals surface area (Å²) >= 11 is 0. The number of nitrogens with zero attached hydrogens (tertiary/aromatic N) is 1. The van der Waals surface area contributed by atoms with Gasteiger partial charge in [0, 0.05) is 20.2 Å². The van der Waals surface area contributed by atoms with E-state index in [0.717, 1.165) is 23.2 Å². The molecule has 1 aromatic rings. The second-order valence-electron chi connectivity index (χ2n) is 5.29. The van der Waals surface area contributed by atoms with E-state index >= 15 is 0 Å². The second kappa shape index (κ2) is 6.83. The second-order valence-corrected chi connectivity index (χ2v) is 7.30. The van der Waals surface area contributed by atoms with Crippen molar-refractivity contribution in [2.75, 3.05) is 26.8 Å². The summed E-state index contributed by atoms with van der Waals surface area (Å²) in [6, 6.07) is 3.61. The molecule has 0 saturated carbocycles. The molecule has 1 aliphatic heterocycles. The molecule has 21 heavy (non-hydrogen) atoms. The first-order chi connectivity index (χ1) is 9.95. The molecule has 0 aliphatic carbocycles. The molecule has 1 fully saturated rings. The van der Waals surface area contributed by atoms with Crippen LogP contribution in [0.25, 0.3) is 0 Å². The van der Waals surface area contributed by atoms with Gasteiger partial charge in [0.25, 0.3) is 0 Å². The van der Waals surface area contributed by atoms with Crippen LogP contribution in [-0.2, 0) is 21.4 Å². The summed E-state index contributed by atoms with van der Waals surface area (Å²) in [6.45, 7) is 1.20. The van der Waals surface area contributed by atoms with Gasteiger partial charge in [-0.3, -0.25) is 0 Å². The van der Waals surface area contributed by atoms with E-state index in [-0.39, 0.29) is 12.5 Å². The Morgan fingerprint density at radius 1 is 1.48 bits per heavy atom. The van der Waals surface area contributed by atoms with Crippen molar-refractivity contribution in [1.29, 1.82) is 0 Å². The summed E-state index contributed by atoms with van der Waals surface area (Å²) in [7, 11) is -2.47. The zero-order valence-corrected chi connectivity index (χ0v) is 12.8. The van der Waals surface area contributed by atoms with Crippen molar-refractivity contribution in [2.45, 2.75) is 24.3 Å². The first-order valence-electron chi connectivity index (χ1n) is 6.88. The highest BCUT2D eigenvalue weighted by Gasteiger charge is 2.27. The van der Waals surface area contributed by atoms with Crippen LogP contribution >= 0.6 is 0 Å². The molecule has 0 bridgehead atoms. The molecule has 0 radical (unpaired) electrons. The average molecular weight is 317 g/mol. The topological polar surface area (TPSA) is 66.8 Å². The Labute approximate surface area is 124 Å². The standard InChI is InChI=1S/C14H20FNO4S/c1-16(8-12-3-2-6-20-10-12)21(18,19)14-7-11(9-17)4-5-13(14)15/h4-5,7,12,17H,2-3,6,8-10H2,1H3. The molecule has 1 atom stereocenters. The molecular formula is C14H20FNO4S. The lowest BCUT2D eigenvalue weighted by Gasteiger charge is -2.26. The van der Waals surface area contributed by atoms with Crippen LogP contribution in [0.4, 0.5) is 4.39 Å². The quantitative estimate of drug-likeness (QED) is 0.890. The van der Waals surface area contributed by atoms with E-state index in [2.05, 4.69) is 0 Å². The van der Waals surface area contributed by atoms with Crippen molar-refractivity contribution in [3.8, 4) is 0 Å². The number of hydrogen-bond acceptors (Lipinski definition) is 4. The number of rotatable bonds is 5. The van der Waals surface area contributed by atoms with Gasteiger partial charge in [0.2, 0.25) is 10.0 Å². The van der Waals surface area contributed by atoms with Gasteiger partial charge in [-0.2, -0.15) is 0 Å². The Bertz CT molecular complexity index is 585. The SMILES string of the molecule is CN(CC1CCCOC1)S(=O)(=O)c1cc(CO)ccc1F. The number of sulfonamides is 1. The van der Waals surface area contributed by atoms with Gasteiger partial charge in [-0.1, -0.05) is 6.07 Å². The number of aliphatic hydroxyl groups excluding tert-OH is 1. The van der Waals surface area contributed by atoms with Gasteiger partial charge >= 0.3 is 0 Å². The van der Waals surface area contributed by atoms with Crippen LogP contribution in [0, 0.1) is 11.7 Å². The molecule has 1 N–H and O–H groups in total. The molecule has 1 unspecified atom stereocenters. The van der Waals surface area contributed by atoms with Crippen molar-refractivity contribution in [2.24, 2.45) is 5.92 Å². The Balaban J connectivity index is 2.20. The third-order valence-electron chi connectivity index (χ3n) is 3.64. The fourth-order valence-electron chi connectivity index (χ4n) is 2.42. The lowest BCUT2D eigenvalue weighted by atomic mass is 10.0. The Morgan fingerprint density at radius 3 is 2.86 bits per heavy atom. The fraction of sp³-hybridized carbons (Fsp3) is 0.571. The van der Waals surface area contributed by atoms with Crippen molar-refractivity contribution in [3.63, 3.8) is 0 Å². The predicted molar refractivity (Wildman–Crippen MR) is 75.7 cm³/mol. The molecule has 1 heterocycles. The van der Waals surface area contributed by atoms with Gasteiger partial charge in [0.1, 0.15) is 10.7 Å². The molecule has 5 nitrogen and oxygen atoms in total. The van der Waals surface area contributed by atoms with Gasteiger partial charge in [-0.25, -0.2) is 17.1 Å². The number of halogens is 1. The highest BCUT2D eigenvalue weighted by Crippen LogP contribution is 2.22.